The Kier molecular flexibility index (Phi) is 5.14. The number of hydrogen-bond donors (Lipinski definition) is 1. The lowest BCUT2D eigenvalue weighted by atomic mass is 10.1. The van der Waals surface area contributed by atoms with Gasteiger partial charge in [-0.15, -0.1) is 0 Å². The molecule has 0 aliphatic carbocycles. The maximum Gasteiger partial charge on any atom is 0.251 e. The topological polar surface area (TPSA) is 46.9 Å². The average molecular weight is 285 g/mol. The minimum Gasteiger partial charge on any atom is -0.349 e. The zero-order chi connectivity index (χ0) is 15.2. The van der Waals surface area contributed by atoms with Crippen molar-refractivity contribution in [2.75, 3.05) is 0 Å². The summed E-state index contributed by atoms with van der Waals surface area (Å²) >= 11 is 0. The molecule has 0 bridgehead atoms. The molecule has 0 unspecified atom stereocenters. The van der Waals surface area contributed by atoms with Crippen LogP contribution < -0.4 is 5.32 Å². The van der Waals surface area contributed by atoms with E-state index in [-0.39, 0.29) is 11.9 Å². The van der Waals surface area contributed by atoms with Crippen molar-refractivity contribution in [1.29, 1.82) is 0 Å². The number of carbonyl (C=O) groups is 1. The molecule has 4 heteroatoms. The largest absolute Gasteiger partial charge is 0.349 e. The first-order valence-corrected chi connectivity index (χ1v) is 7.51. The highest BCUT2D eigenvalue weighted by Gasteiger charge is 2.10. The van der Waals surface area contributed by atoms with Gasteiger partial charge in [-0.2, -0.15) is 0 Å². The Labute approximate surface area is 126 Å². The van der Waals surface area contributed by atoms with Gasteiger partial charge in [0.05, 0.1) is 0 Å². The van der Waals surface area contributed by atoms with Crippen molar-refractivity contribution < 1.29 is 4.79 Å². The van der Waals surface area contributed by atoms with Gasteiger partial charge in [0.2, 0.25) is 0 Å². The summed E-state index contributed by atoms with van der Waals surface area (Å²) in [5.41, 5.74) is 1.88. The average Bonchev–Trinajstić information content (AvgIpc) is 2.90. The third-order valence-electron chi connectivity index (χ3n) is 3.81. The van der Waals surface area contributed by atoms with E-state index in [2.05, 4.69) is 28.7 Å². The molecular formula is C17H23N3O. The first-order chi connectivity index (χ1) is 10.1. The smallest absolute Gasteiger partial charge is 0.251 e. The Hall–Kier alpha value is -2.10. The lowest BCUT2D eigenvalue weighted by molar-refractivity contribution is 0.0935. The predicted molar refractivity (Wildman–Crippen MR) is 84.3 cm³/mol. The Morgan fingerprint density at radius 3 is 2.43 bits per heavy atom. The highest BCUT2D eigenvalue weighted by Crippen LogP contribution is 2.09. The summed E-state index contributed by atoms with van der Waals surface area (Å²) in [4.78, 5) is 16.3. The lowest BCUT2D eigenvalue weighted by Crippen LogP contribution is -2.33. The monoisotopic (exact) mass is 285 g/mol. The molecule has 1 aromatic heterocycles. The van der Waals surface area contributed by atoms with E-state index >= 15 is 0 Å². The van der Waals surface area contributed by atoms with E-state index in [1.165, 1.54) is 0 Å². The lowest BCUT2D eigenvalue weighted by Gasteiger charge is -2.14. The molecule has 21 heavy (non-hydrogen) atoms. The molecule has 0 aliphatic heterocycles. The van der Waals surface area contributed by atoms with E-state index in [0.717, 1.165) is 30.8 Å². The molecule has 2 aromatic rings. The molecule has 0 radical (unpaired) electrons. The van der Waals surface area contributed by atoms with Gasteiger partial charge in [0.15, 0.2) is 0 Å². The van der Waals surface area contributed by atoms with Crippen LogP contribution in [0.4, 0.5) is 0 Å². The normalized spacial score (nSPS) is 10.9. The van der Waals surface area contributed by atoms with Crippen LogP contribution in [0.1, 0.15) is 48.4 Å². The van der Waals surface area contributed by atoms with E-state index in [9.17, 15) is 4.79 Å². The van der Waals surface area contributed by atoms with Crippen molar-refractivity contribution in [3.8, 4) is 0 Å². The van der Waals surface area contributed by atoms with Crippen LogP contribution >= 0.6 is 0 Å². The summed E-state index contributed by atoms with van der Waals surface area (Å²) in [7, 11) is 0. The zero-order valence-electron chi connectivity index (χ0n) is 13.0. The second-order valence-corrected chi connectivity index (χ2v) is 5.29. The van der Waals surface area contributed by atoms with Crippen molar-refractivity contribution in [1.82, 2.24) is 14.9 Å². The highest BCUT2D eigenvalue weighted by atomic mass is 16.1. The first-order valence-electron chi connectivity index (χ1n) is 7.51. The first kappa shape index (κ1) is 15.3. The number of amides is 1. The number of nitrogens with one attached hydrogen (secondary N) is 1. The number of aryl methyl sites for hydroxylation is 1. The summed E-state index contributed by atoms with van der Waals surface area (Å²) in [5.74, 6) is 1.000. The van der Waals surface area contributed by atoms with Crippen LogP contribution in [0.3, 0.4) is 0 Å². The summed E-state index contributed by atoms with van der Waals surface area (Å²) in [6.45, 7) is 6.94. The number of carbonyl (C=O) groups excluding carboxylic acids is 1. The van der Waals surface area contributed by atoms with Crippen molar-refractivity contribution >= 4 is 5.91 Å². The van der Waals surface area contributed by atoms with Crippen LogP contribution in [-0.4, -0.2) is 21.5 Å². The number of hydrogen-bond acceptors (Lipinski definition) is 2. The fourth-order valence-corrected chi connectivity index (χ4v) is 2.29. The van der Waals surface area contributed by atoms with Gasteiger partial charge in [-0.25, -0.2) is 4.98 Å². The molecule has 1 heterocycles. The maximum absolute atomic E-state index is 12.1. The molecule has 1 amide bonds. The number of benzene rings is 1. The van der Waals surface area contributed by atoms with Crippen molar-refractivity contribution in [2.45, 2.75) is 46.2 Å². The quantitative estimate of drug-likeness (QED) is 0.886. The standard InChI is InChI=1S/C17H23N3O/c1-4-16(5-2)19-17(21)15-8-6-14(7-9-15)12-20-11-10-18-13(20)3/h6-11,16H,4-5,12H2,1-3H3,(H,19,21). The number of imidazole rings is 1. The minimum atomic E-state index is 0.00839. The van der Waals surface area contributed by atoms with E-state index in [4.69, 9.17) is 0 Å². The van der Waals surface area contributed by atoms with Gasteiger partial charge in [0.25, 0.3) is 5.91 Å². The van der Waals surface area contributed by atoms with E-state index in [1.807, 2.05) is 37.4 Å². The predicted octanol–water partition coefficient (Wildman–Crippen LogP) is 3.16. The molecule has 0 atom stereocenters. The third-order valence-corrected chi connectivity index (χ3v) is 3.81. The fraction of sp³-hybridized carbons (Fsp3) is 0.412. The zero-order valence-corrected chi connectivity index (χ0v) is 13.0. The molecule has 0 saturated carbocycles. The molecule has 4 nitrogen and oxygen atoms in total. The van der Waals surface area contributed by atoms with Crippen LogP contribution in [0.25, 0.3) is 0 Å². The van der Waals surface area contributed by atoms with Crippen molar-refractivity contribution in [3.63, 3.8) is 0 Å². The molecule has 1 aromatic carbocycles. The van der Waals surface area contributed by atoms with Gasteiger partial charge in [0, 0.05) is 30.5 Å². The molecule has 2 rings (SSSR count). The fourth-order valence-electron chi connectivity index (χ4n) is 2.29. The third kappa shape index (κ3) is 3.94. The van der Waals surface area contributed by atoms with Gasteiger partial charge in [-0.05, 0) is 37.5 Å². The van der Waals surface area contributed by atoms with Gasteiger partial charge >= 0.3 is 0 Å². The number of rotatable bonds is 6. The SMILES string of the molecule is CCC(CC)NC(=O)c1ccc(Cn2ccnc2C)cc1. The molecule has 112 valence electrons. The van der Waals surface area contributed by atoms with E-state index in [0.29, 0.717) is 5.56 Å². The van der Waals surface area contributed by atoms with Crippen molar-refractivity contribution in [3.05, 3.63) is 53.6 Å². The van der Waals surface area contributed by atoms with Crippen LogP contribution in [0.15, 0.2) is 36.7 Å². The summed E-state index contributed by atoms with van der Waals surface area (Å²) < 4.78 is 2.08. The minimum absolute atomic E-state index is 0.00839. The van der Waals surface area contributed by atoms with E-state index in [1.54, 1.807) is 6.20 Å². The Morgan fingerprint density at radius 1 is 1.24 bits per heavy atom. The van der Waals surface area contributed by atoms with Crippen LogP contribution in [0.2, 0.25) is 0 Å². The Balaban J connectivity index is 2.01. The van der Waals surface area contributed by atoms with E-state index < -0.39 is 0 Å². The molecule has 0 fully saturated rings. The van der Waals surface area contributed by atoms with Gasteiger partial charge in [-0.1, -0.05) is 26.0 Å². The molecule has 1 N–H and O–H groups in total. The number of aromatic nitrogens is 2. The summed E-state index contributed by atoms with van der Waals surface area (Å²) in [5, 5.41) is 3.05. The Bertz CT molecular complexity index is 582. The van der Waals surface area contributed by atoms with Crippen LogP contribution in [-0.2, 0) is 6.54 Å². The Morgan fingerprint density at radius 2 is 1.90 bits per heavy atom. The molecule has 0 aliphatic rings. The number of nitrogens with zero attached hydrogens (tertiary/aromatic N) is 2. The van der Waals surface area contributed by atoms with Gasteiger partial charge in [0.1, 0.15) is 5.82 Å². The maximum atomic E-state index is 12.1. The molecular weight excluding hydrogens is 262 g/mol. The van der Waals surface area contributed by atoms with Crippen LogP contribution in [0.5, 0.6) is 0 Å². The van der Waals surface area contributed by atoms with Crippen LogP contribution in [0, 0.1) is 6.92 Å². The summed E-state index contributed by atoms with van der Waals surface area (Å²) in [6, 6.07) is 8.03. The van der Waals surface area contributed by atoms with Crippen molar-refractivity contribution in [2.24, 2.45) is 0 Å². The molecule has 0 saturated heterocycles. The summed E-state index contributed by atoms with van der Waals surface area (Å²) in [6.07, 6.45) is 5.68. The second kappa shape index (κ2) is 7.07. The molecule has 0 spiro atoms. The highest BCUT2D eigenvalue weighted by molar-refractivity contribution is 5.94. The van der Waals surface area contributed by atoms with Gasteiger partial charge < -0.3 is 9.88 Å². The second-order valence-electron chi connectivity index (χ2n) is 5.29. The van der Waals surface area contributed by atoms with Gasteiger partial charge in [-0.3, -0.25) is 4.79 Å².